The first kappa shape index (κ1) is 15.4. The second kappa shape index (κ2) is 7.11. The van der Waals surface area contributed by atoms with Gasteiger partial charge in [0.25, 0.3) is 0 Å². The van der Waals surface area contributed by atoms with Crippen LogP contribution in [0.2, 0.25) is 5.02 Å². The molecule has 4 N–H and O–H groups in total. The monoisotopic (exact) mass is 303 g/mol. The Bertz CT molecular complexity index is 626. The summed E-state index contributed by atoms with van der Waals surface area (Å²) in [6, 6.07) is 15.5. The van der Waals surface area contributed by atoms with Gasteiger partial charge in [-0.3, -0.25) is 0 Å². The van der Waals surface area contributed by atoms with Gasteiger partial charge in [0.2, 0.25) is 0 Å². The Morgan fingerprint density at radius 3 is 2.57 bits per heavy atom. The summed E-state index contributed by atoms with van der Waals surface area (Å²) in [5.41, 5.74) is 8.55. The lowest BCUT2D eigenvalue weighted by Crippen LogP contribution is -2.22. The molecular formula is C16H18ClN3O. The number of amidine groups is 1. The van der Waals surface area contributed by atoms with Gasteiger partial charge in [0, 0.05) is 23.2 Å². The van der Waals surface area contributed by atoms with Gasteiger partial charge in [-0.2, -0.15) is 0 Å². The molecule has 0 saturated heterocycles. The Morgan fingerprint density at radius 2 is 1.90 bits per heavy atom. The molecule has 1 atom stereocenters. The third kappa shape index (κ3) is 3.97. The fourth-order valence-corrected chi connectivity index (χ4v) is 2.24. The maximum atomic E-state index is 8.82. The average Bonchev–Trinajstić information content (AvgIpc) is 2.52. The van der Waals surface area contributed by atoms with Crippen LogP contribution in [0.1, 0.15) is 29.7 Å². The lowest BCUT2D eigenvalue weighted by atomic mass is 10.0. The topological polar surface area (TPSA) is 70.6 Å². The minimum absolute atomic E-state index is 0.117. The van der Waals surface area contributed by atoms with Crippen molar-refractivity contribution in [2.75, 3.05) is 0 Å². The van der Waals surface area contributed by atoms with Crippen molar-refractivity contribution >= 4 is 17.4 Å². The summed E-state index contributed by atoms with van der Waals surface area (Å²) in [5, 5.41) is 16.0. The molecule has 0 amide bonds. The van der Waals surface area contributed by atoms with Crippen molar-refractivity contribution in [2.45, 2.75) is 19.5 Å². The van der Waals surface area contributed by atoms with Crippen molar-refractivity contribution in [3.63, 3.8) is 0 Å². The van der Waals surface area contributed by atoms with Gasteiger partial charge in [0.1, 0.15) is 0 Å². The molecule has 5 heteroatoms. The van der Waals surface area contributed by atoms with Gasteiger partial charge < -0.3 is 16.3 Å². The van der Waals surface area contributed by atoms with E-state index < -0.39 is 0 Å². The highest BCUT2D eigenvalue weighted by Gasteiger charge is 2.09. The molecule has 110 valence electrons. The maximum Gasteiger partial charge on any atom is 0.170 e. The van der Waals surface area contributed by atoms with E-state index >= 15 is 0 Å². The van der Waals surface area contributed by atoms with E-state index in [1.54, 1.807) is 0 Å². The van der Waals surface area contributed by atoms with Crippen molar-refractivity contribution < 1.29 is 5.21 Å². The smallest absolute Gasteiger partial charge is 0.170 e. The van der Waals surface area contributed by atoms with Crippen molar-refractivity contribution in [2.24, 2.45) is 10.9 Å². The van der Waals surface area contributed by atoms with Gasteiger partial charge in [-0.25, -0.2) is 0 Å². The van der Waals surface area contributed by atoms with E-state index in [4.69, 9.17) is 22.5 Å². The quantitative estimate of drug-likeness (QED) is 0.343. The van der Waals surface area contributed by atoms with Gasteiger partial charge in [0.15, 0.2) is 5.84 Å². The standard InChI is InChI=1S/C16H18ClN3O/c1-11(12-6-8-14(17)9-7-12)19-10-13-4-2-3-5-15(13)16(18)20-21/h2-9,11,19,21H,10H2,1H3,(H2,18,20)/t11-/m1/s1. The molecule has 0 aromatic heterocycles. The first-order valence-electron chi connectivity index (χ1n) is 6.66. The fourth-order valence-electron chi connectivity index (χ4n) is 2.11. The first-order chi connectivity index (χ1) is 10.1. The van der Waals surface area contributed by atoms with Gasteiger partial charge in [-0.15, -0.1) is 0 Å². The maximum absolute atomic E-state index is 8.82. The van der Waals surface area contributed by atoms with E-state index in [9.17, 15) is 0 Å². The van der Waals surface area contributed by atoms with Gasteiger partial charge in [-0.1, -0.05) is 53.2 Å². The van der Waals surface area contributed by atoms with Crippen molar-refractivity contribution in [3.05, 3.63) is 70.2 Å². The molecule has 0 fully saturated rings. The molecule has 0 spiro atoms. The number of rotatable bonds is 5. The molecule has 2 rings (SSSR count). The van der Waals surface area contributed by atoms with E-state index in [-0.39, 0.29) is 11.9 Å². The Morgan fingerprint density at radius 1 is 1.24 bits per heavy atom. The third-order valence-corrected chi connectivity index (χ3v) is 3.62. The summed E-state index contributed by atoms with van der Waals surface area (Å²) >= 11 is 5.89. The number of halogens is 1. The summed E-state index contributed by atoms with van der Waals surface area (Å²) in [6.45, 7) is 2.70. The fraction of sp³-hybridized carbons (Fsp3) is 0.188. The minimum Gasteiger partial charge on any atom is -0.409 e. The minimum atomic E-state index is 0.117. The van der Waals surface area contributed by atoms with Gasteiger partial charge >= 0.3 is 0 Å². The molecule has 0 heterocycles. The number of nitrogens with zero attached hydrogens (tertiary/aromatic N) is 1. The molecule has 0 aliphatic heterocycles. The Labute approximate surface area is 129 Å². The summed E-state index contributed by atoms with van der Waals surface area (Å²) in [6.07, 6.45) is 0. The molecule has 4 nitrogen and oxygen atoms in total. The first-order valence-corrected chi connectivity index (χ1v) is 7.04. The lowest BCUT2D eigenvalue weighted by Gasteiger charge is -2.16. The van der Waals surface area contributed by atoms with E-state index in [0.29, 0.717) is 6.54 Å². The van der Waals surface area contributed by atoms with Crippen LogP contribution in [0.5, 0.6) is 0 Å². The van der Waals surface area contributed by atoms with E-state index in [1.807, 2.05) is 48.5 Å². The third-order valence-electron chi connectivity index (χ3n) is 3.37. The molecule has 21 heavy (non-hydrogen) atoms. The van der Waals surface area contributed by atoms with Crippen molar-refractivity contribution in [1.82, 2.24) is 5.32 Å². The number of nitrogens with one attached hydrogen (secondary N) is 1. The average molecular weight is 304 g/mol. The number of hydrogen-bond donors (Lipinski definition) is 3. The van der Waals surface area contributed by atoms with Crippen molar-refractivity contribution in [3.8, 4) is 0 Å². The summed E-state index contributed by atoms with van der Waals surface area (Å²) in [4.78, 5) is 0. The molecular weight excluding hydrogens is 286 g/mol. The van der Waals surface area contributed by atoms with Gasteiger partial charge in [-0.05, 0) is 30.2 Å². The Balaban J connectivity index is 2.08. The Hall–Kier alpha value is -2.04. The number of benzene rings is 2. The summed E-state index contributed by atoms with van der Waals surface area (Å²) in [5.74, 6) is 0.117. The molecule has 2 aromatic carbocycles. The van der Waals surface area contributed by atoms with Crippen LogP contribution in [0, 0.1) is 0 Å². The van der Waals surface area contributed by atoms with Crippen LogP contribution in [0.4, 0.5) is 0 Å². The van der Waals surface area contributed by atoms with E-state index in [2.05, 4.69) is 17.4 Å². The zero-order valence-electron chi connectivity index (χ0n) is 11.8. The highest BCUT2D eigenvalue weighted by atomic mass is 35.5. The van der Waals surface area contributed by atoms with Crippen LogP contribution >= 0.6 is 11.6 Å². The highest BCUT2D eigenvalue weighted by molar-refractivity contribution is 6.30. The molecule has 0 bridgehead atoms. The van der Waals surface area contributed by atoms with E-state index in [1.165, 1.54) is 0 Å². The van der Waals surface area contributed by atoms with Crippen molar-refractivity contribution in [1.29, 1.82) is 0 Å². The molecule has 0 aliphatic carbocycles. The predicted octanol–water partition coefficient (Wildman–Crippen LogP) is 3.29. The van der Waals surface area contributed by atoms with Crippen LogP contribution in [0.15, 0.2) is 53.7 Å². The summed E-state index contributed by atoms with van der Waals surface area (Å²) in [7, 11) is 0. The SMILES string of the molecule is C[C@@H](NCc1ccccc1/C(N)=N/O)c1ccc(Cl)cc1. The second-order valence-corrected chi connectivity index (χ2v) is 5.23. The molecule has 0 unspecified atom stereocenters. The second-order valence-electron chi connectivity index (χ2n) is 4.80. The number of hydrogen-bond acceptors (Lipinski definition) is 3. The van der Waals surface area contributed by atoms with Crippen LogP contribution in [0.3, 0.4) is 0 Å². The van der Waals surface area contributed by atoms with E-state index in [0.717, 1.165) is 21.7 Å². The van der Waals surface area contributed by atoms with Crippen LogP contribution < -0.4 is 11.1 Å². The molecule has 0 radical (unpaired) electrons. The summed E-state index contributed by atoms with van der Waals surface area (Å²) < 4.78 is 0. The number of oxime groups is 1. The van der Waals surface area contributed by atoms with Gasteiger partial charge in [0.05, 0.1) is 0 Å². The predicted molar refractivity (Wildman–Crippen MR) is 85.7 cm³/mol. The zero-order valence-corrected chi connectivity index (χ0v) is 12.5. The van der Waals surface area contributed by atoms with Crippen LogP contribution in [0.25, 0.3) is 0 Å². The molecule has 0 aliphatic rings. The zero-order chi connectivity index (χ0) is 15.2. The van der Waals surface area contributed by atoms with Crippen LogP contribution in [-0.2, 0) is 6.54 Å². The molecule has 0 saturated carbocycles. The Kier molecular flexibility index (Phi) is 5.20. The largest absolute Gasteiger partial charge is 0.409 e. The van der Waals surface area contributed by atoms with Crippen LogP contribution in [-0.4, -0.2) is 11.0 Å². The highest BCUT2D eigenvalue weighted by Crippen LogP contribution is 2.17. The lowest BCUT2D eigenvalue weighted by molar-refractivity contribution is 0.318. The normalized spacial score (nSPS) is 13.1. The number of nitrogens with two attached hydrogens (primary N) is 1. The molecule has 2 aromatic rings.